The number of likely N-dealkylation sites (tertiary alicyclic amines) is 1. The minimum Gasteiger partial charge on any atom is -0.382 e. The van der Waals surface area contributed by atoms with E-state index in [1.165, 1.54) is 37.1 Å². The van der Waals surface area contributed by atoms with Gasteiger partial charge in [0.2, 0.25) is 0 Å². The largest absolute Gasteiger partial charge is 0.382 e. The molecule has 1 heterocycles. The summed E-state index contributed by atoms with van der Waals surface area (Å²) in [5.41, 5.74) is 2.71. The van der Waals surface area contributed by atoms with E-state index in [0.29, 0.717) is 19.8 Å². The number of nitrogens with zero attached hydrogens (tertiary/aromatic N) is 2. The number of nitrogens with one attached hydrogen (secondary N) is 2. The van der Waals surface area contributed by atoms with Gasteiger partial charge in [-0.05, 0) is 56.3 Å². The van der Waals surface area contributed by atoms with Crippen molar-refractivity contribution in [3.8, 4) is 0 Å². The van der Waals surface area contributed by atoms with Gasteiger partial charge in [0.05, 0.1) is 19.8 Å². The van der Waals surface area contributed by atoms with Crippen LogP contribution < -0.4 is 10.6 Å². The highest BCUT2D eigenvalue weighted by Gasteiger charge is 2.16. The van der Waals surface area contributed by atoms with Gasteiger partial charge in [0, 0.05) is 33.4 Å². The molecular formula is C23H41IN4O2. The first-order chi connectivity index (χ1) is 14.2. The lowest BCUT2D eigenvalue weighted by molar-refractivity contribution is 0.0698. The minimum absolute atomic E-state index is 0. The van der Waals surface area contributed by atoms with Crippen molar-refractivity contribution in [3.63, 3.8) is 0 Å². The van der Waals surface area contributed by atoms with E-state index in [0.717, 1.165) is 44.5 Å². The molecule has 0 saturated carbocycles. The van der Waals surface area contributed by atoms with Gasteiger partial charge in [-0.2, -0.15) is 0 Å². The number of piperidine rings is 1. The van der Waals surface area contributed by atoms with Crippen LogP contribution in [0.2, 0.25) is 0 Å². The standard InChI is InChI=1S/C23H40N4O2.HI/c1-4-24-23(25-12-7-15-29-17-16-28-3)26-18-21-8-5-6-9-22(21)19-27-13-10-20(2)11-14-27;/h5-6,8-9,20H,4,7,10-19H2,1-3H3,(H2,24,25,26);1H. The van der Waals surface area contributed by atoms with Gasteiger partial charge in [0.1, 0.15) is 0 Å². The van der Waals surface area contributed by atoms with Crippen molar-refractivity contribution in [1.29, 1.82) is 0 Å². The Kier molecular flexibility index (Phi) is 15.2. The first-order valence-electron chi connectivity index (χ1n) is 11.1. The normalized spacial score (nSPS) is 15.6. The Labute approximate surface area is 200 Å². The average molecular weight is 533 g/mol. The number of ether oxygens (including phenoxy) is 2. The zero-order valence-corrected chi connectivity index (χ0v) is 21.3. The zero-order chi connectivity index (χ0) is 20.7. The third kappa shape index (κ3) is 10.9. The highest BCUT2D eigenvalue weighted by atomic mass is 127. The summed E-state index contributed by atoms with van der Waals surface area (Å²) in [5, 5.41) is 6.74. The molecule has 1 aliphatic heterocycles. The third-order valence-corrected chi connectivity index (χ3v) is 5.33. The Bertz CT molecular complexity index is 592. The highest BCUT2D eigenvalue weighted by molar-refractivity contribution is 14.0. The predicted octanol–water partition coefficient (Wildman–Crippen LogP) is 3.64. The Morgan fingerprint density at radius 1 is 1.10 bits per heavy atom. The maximum atomic E-state index is 5.51. The molecule has 30 heavy (non-hydrogen) atoms. The molecular weight excluding hydrogens is 491 g/mol. The molecule has 1 aliphatic rings. The Hall–Kier alpha value is -0.900. The van der Waals surface area contributed by atoms with Crippen LogP contribution in [-0.2, 0) is 22.6 Å². The minimum atomic E-state index is 0. The molecule has 0 aliphatic carbocycles. The fourth-order valence-corrected chi connectivity index (χ4v) is 3.46. The van der Waals surface area contributed by atoms with E-state index in [1.54, 1.807) is 7.11 Å². The molecule has 6 nitrogen and oxygen atoms in total. The van der Waals surface area contributed by atoms with Crippen LogP contribution in [0.5, 0.6) is 0 Å². The van der Waals surface area contributed by atoms with Crippen molar-refractivity contribution < 1.29 is 9.47 Å². The van der Waals surface area contributed by atoms with Crippen LogP contribution in [0, 0.1) is 5.92 Å². The van der Waals surface area contributed by atoms with Crippen molar-refractivity contribution >= 4 is 29.9 Å². The van der Waals surface area contributed by atoms with E-state index in [2.05, 4.69) is 53.6 Å². The van der Waals surface area contributed by atoms with Gasteiger partial charge in [-0.3, -0.25) is 4.90 Å². The maximum absolute atomic E-state index is 5.51. The van der Waals surface area contributed by atoms with Crippen molar-refractivity contribution in [2.24, 2.45) is 10.9 Å². The highest BCUT2D eigenvalue weighted by Crippen LogP contribution is 2.20. The molecule has 0 unspecified atom stereocenters. The van der Waals surface area contributed by atoms with Gasteiger partial charge in [-0.15, -0.1) is 24.0 Å². The number of rotatable bonds is 12. The molecule has 7 heteroatoms. The molecule has 172 valence electrons. The third-order valence-electron chi connectivity index (χ3n) is 5.33. The molecule has 2 N–H and O–H groups in total. The molecule has 0 aromatic heterocycles. The monoisotopic (exact) mass is 532 g/mol. The van der Waals surface area contributed by atoms with Gasteiger partial charge >= 0.3 is 0 Å². The molecule has 2 rings (SSSR count). The topological polar surface area (TPSA) is 58.1 Å². The van der Waals surface area contributed by atoms with E-state index < -0.39 is 0 Å². The van der Waals surface area contributed by atoms with Crippen molar-refractivity contribution in [2.75, 3.05) is 53.1 Å². The lowest BCUT2D eigenvalue weighted by atomic mass is 9.98. The van der Waals surface area contributed by atoms with Crippen LogP contribution in [0.4, 0.5) is 0 Å². The molecule has 1 aromatic rings. The molecule has 1 fully saturated rings. The molecule has 0 amide bonds. The van der Waals surface area contributed by atoms with Gasteiger partial charge in [-0.1, -0.05) is 31.2 Å². The Morgan fingerprint density at radius 2 is 1.83 bits per heavy atom. The van der Waals surface area contributed by atoms with E-state index in [-0.39, 0.29) is 24.0 Å². The maximum Gasteiger partial charge on any atom is 0.191 e. The van der Waals surface area contributed by atoms with E-state index in [9.17, 15) is 0 Å². The fourth-order valence-electron chi connectivity index (χ4n) is 3.46. The fraction of sp³-hybridized carbons (Fsp3) is 0.696. The summed E-state index contributed by atoms with van der Waals surface area (Å²) in [6.45, 7) is 12.3. The summed E-state index contributed by atoms with van der Waals surface area (Å²) in [6.07, 6.45) is 3.56. The Morgan fingerprint density at radius 3 is 2.53 bits per heavy atom. The molecule has 0 spiro atoms. The number of methoxy groups -OCH3 is 1. The Balaban J connectivity index is 0.00000450. The van der Waals surface area contributed by atoms with E-state index in [4.69, 9.17) is 14.5 Å². The molecule has 1 saturated heterocycles. The number of aliphatic imine (C=N–C) groups is 1. The van der Waals surface area contributed by atoms with Crippen LogP contribution in [0.1, 0.15) is 44.2 Å². The van der Waals surface area contributed by atoms with Crippen molar-refractivity contribution in [2.45, 2.75) is 46.2 Å². The van der Waals surface area contributed by atoms with Gasteiger partial charge in [0.25, 0.3) is 0 Å². The quantitative estimate of drug-likeness (QED) is 0.186. The predicted molar refractivity (Wildman–Crippen MR) is 136 cm³/mol. The summed E-state index contributed by atoms with van der Waals surface area (Å²) in [7, 11) is 1.69. The summed E-state index contributed by atoms with van der Waals surface area (Å²) in [6, 6.07) is 8.71. The summed E-state index contributed by atoms with van der Waals surface area (Å²) in [4.78, 5) is 7.39. The first-order valence-corrected chi connectivity index (χ1v) is 11.1. The van der Waals surface area contributed by atoms with Crippen LogP contribution in [0.15, 0.2) is 29.3 Å². The second kappa shape index (κ2) is 16.8. The SMILES string of the molecule is CCNC(=NCc1ccccc1CN1CCC(C)CC1)NCCCOCCOC.I. The van der Waals surface area contributed by atoms with Crippen molar-refractivity contribution in [3.05, 3.63) is 35.4 Å². The van der Waals surface area contributed by atoms with Crippen LogP contribution in [0.3, 0.4) is 0 Å². The lowest BCUT2D eigenvalue weighted by Gasteiger charge is -2.30. The van der Waals surface area contributed by atoms with Gasteiger partial charge in [-0.25, -0.2) is 4.99 Å². The van der Waals surface area contributed by atoms with Crippen LogP contribution in [0.25, 0.3) is 0 Å². The average Bonchev–Trinajstić information content (AvgIpc) is 2.74. The summed E-state index contributed by atoms with van der Waals surface area (Å²) >= 11 is 0. The second-order valence-electron chi connectivity index (χ2n) is 7.81. The van der Waals surface area contributed by atoms with Crippen molar-refractivity contribution in [1.82, 2.24) is 15.5 Å². The van der Waals surface area contributed by atoms with Gasteiger partial charge < -0.3 is 20.1 Å². The smallest absolute Gasteiger partial charge is 0.191 e. The van der Waals surface area contributed by atoms with Crippen LogP contribution in [-0.4, -0.2) is 64.0 Å². The number of halogens is 1. The number of guanidine groups is 1. The van der Waals surface area contributed by atoms with Gasteiger partial charge in [0.15, 0.2) is 5.96 Å². The van der Waals surface area contributed by atoms with Crippen LogP contribution >= 0.6 is 24.0 Å². The summed E-state index contributed by atoms with van der Waals surface area (Å²) in [5.74, 6) is 1.73. The molecule has 0 bridgehead atoms. The first kappa shape index (κ1) is 27.1. The molecule has 1 aromatic carbocycles. The molecule has 0 atom stereocenters. The molecule has 0 radical (unpaired) electrons. The lowest BCUT2D eigenvalue weighted by Crippen LogP contribution is -2.38. The zero-order valence-electron chi connectivity index (χ0n) is 19.0. The van der Waals surface area contributed by atoms with E-state index in [1.807, 2.05) is 0 Å². The number of benzene rings is 1. The second-order valence-corrected chi connectivity index (χ2v) is 7.81. The summed E-state index contributed by atoms with van der Waals surface area (Å²) < 4.78 is 10.5. The van der Waals surface area contributed by atoms with E-state index >= 15 is 0 Å². The number of hydrogen-bond acceptors (Lipinski definition) is 4. The number of hydrogen-bond donors (Lipinski definition) is 2.